The lowest BCUT2D eigenvalue weighted by molar-refractivity contribution is 0.0943. The average molecular weight is 429 g/mol. The molecule has 2 heterocycles. The Bertz CT molecular complexity index is 1130. The van der Waals surface area contributed by atoms with Crippen LogP contribution in [0.1, 0.15) is 40.9 Å². The second-order valence-corrected chi connectivity index (χ2v) is 8.17. The number of aliphatic imine (C=N–C) groups is 1. The minimum atomic E-state index is -0.0821. The van der Waals surface area contributed by atoms with Crippen molar-refractivity contribution in [1.29, 1.82) is 0 Å². The Labute approximate surface area is 189 Å². The number of nitrogens with zero attached hydrogens (tertiary/aromatic N) is 3. The van der Waals surface area contributed by atoms with Crippen molar-refractivity contribution in [2.24, 2.45) is 4.99 Å². The van der Waals surface area contributed by atoms with Gasteiger partial charge in [0.05, 0.1) is 12.8 Å². The van der Waals surface area contributed by atoms with Crippen LogP contribution in [0.4, 0.5) is 5.69 Å². The number of carbonyl (C=O) groups excluding carboxylic acids is 1. The summed E-state index contributed by atoms with van der Waals surface area (Å²) in [6.45, 7) is 5.43. The molecule has 1 N–H and O–H groups in total. The van der Waals surface area contributed by atoms with Gasteiger partial charge in [-0.2, -0.15) is 0 Å². The topological polar surface area (TPSA) is 66.8 Å². The summed E-state index contributed by atoms with van der Waals surface area (Å²) in [4.78, 5) is 24.0. The molecule has 6 heteroatoms. The van der Waals surface area contributed by atoms with Crippen molar-refractivity contribution in [2.45, 2.75) is 32.9 Å². The fraction of sp³-hybridized carbons (Fsp3) is 0.269. The highest BCUT2D eigenvalue weighted by atomic mass is 16.5. The number of benzene rings is 2. The first-order valence-corrected chi connectivity index (χ1v) is 10.8. The summed E-state index contributed by atoms with van der Waals surface area (Å²) in [5.74, 6) is 1.65. The Morgan fingerprint density at radius 1 is 1.16 bits per heavy atom. The standard InChI is InChI=1S/C26H28N4O2/c1-18(2)28-26(31)20-9-10-22-17-30(13-11-19-6-4-8-23(14-19)32-3)25(29-24(22)15-20)21-7-5-12-27-16-21/h4-10,12,14-16,18H,11,13,17H2,1-3H3,(H,28,31). The van der Waals surface area contributed by atoms with Crippen LogP contribution in [0.5, 0.6) is 5.75 Å². The summed E-state index contributed by atoms with van der Waals surface area (Å²) < 4.78 is 5.36. The van der Waals surface area contributed by atoms with Crippen LogP contribution in [0.15, 0.2) is 72.0 Å². The van der Waals surface area contributed by atoms with E-state index in [1.807, 2.05) is 62.5 Å². The van der Waals surface area contributed by atoms with E-state index < -0.39 is 0 Å². The van der Waals surface area contributed by atoms with Gasteiger partial charge in [-0.05, 0) is 67.8 Å². The number of hydrogen-bond acceptors (Lipinski definition) is 5. The Morgan fingerprint density at radius 2 is 2.03 bits per heavy atom. The van der Waals surface area contributed by atoms with Crippen LogP contribution in [0.25, 0.3) is 0 Å². The van der Waals surface area contributed by atoms with Crippen LogP contribution < -0.4 is 10.1 Å². The van der Waals surface area contributed by atoms with Crippen LogP contribution in [-0.4, -0.2) is 41.3 Å². The summed E-state index contributed by atoms with van der Waals surface area (Å²) in [5, 5.41) is 2.95. The summed E-state index contributed by atoms with van der Waals surface area (Å²) in [6, 6.07) is 17.9. The highest BCUT2D eigenvalue weighted by molar-refractivity contribution is 6.02. The number of rotatable bonds is 7. The number of fused-ring (bicyclic) bond motifs is 1. The predicted molar refractivity (Wildman–Crippen MR) is 127 cm³/mol. The third-order valence-electron chi connectivity index (χ3n) is 5.38. The second kappa shape index (κ2) is 9.64. The molecule has 0 radical (unpaired) electrons. The monoisotopic (exact) mass is 428 g/mol. The number of ether oxygens (including phenoxy) is 1. The maximum absolute atomic E-state index is 12.5. The minimum Gasteiger partial charge on any atom is -0.497 e. The first-order valence-electron chi connectivity index (χ1n) is 10.8. The first kappa shape index (κ1) is 21.6. The molecule has 0 aliphatic carbocycles. The van der Waals surface area contributed by atoms with Gasteiger partial charge in [0.15, 0.2) is 0 Å². The molecule has 1 aliphatic heterocycles. The number of nitrogens with one attached hydrogen (secondary N) is 1. The number of aromatic nitrogens is 1. The fourth-order valence-electron chi connectivity index (χ4n) is 3.77. The highest BCUT2D eigenvalue weighted by Gasteiger charge is 2.22. The second-order valence-electron chi connectivity index (χ2n) is 8.17. The van der Waals surface area contributed by atoms with Crippen molar-refractivity contribution in [2.75, 3.05) is 13.7 Å². The van der Waals surface area contributed by atoms with Crippen LogP contribution in [0, 0.1) is 0 Å². The Balaban J connectivity index is 1.63. The Hall–Kier alpha value is -3.67. The van der Waals surface area contributed by atoms with Gasteiger partial charge in [-0.3, -0.25) is 9.78 Å². The number of amides is 1. The summed E-state index contributed by atoms with van der Waals surface area (Å²) >= 11 is 0. The molecular weight excluding hydrogens is 400 g/mol. The van der Waals surface area contributed by atoms with Gasteiger partial charge in [0.1, 0.15) is 11.6 Å². The van der Waals surface area contributed by atoms with Crippen molar-refractivity contribution in [1.82, 2.24) is 15.2 Å². The Kier molecular flexibility index (Phi) is 6.50. The molecular formula is C26H28N4O2. The quantitative estimate of drug-likeness (QED) is 0.607. The summed E-state index contributed by atoms with van der Waals surface area (Å²) in [5.41, 5.74) is 4.72. The highest BCUT2D eigenvalue weighted by Crippen LogP contribution is 2.29. The largest absolute Gasteiger partial charge is 0.497 e. The van der Waals surface area contributed by atoms with E-state index in [1.54, 1.807) is 13.3 Å². The molecule has 0 saturated carbocycles. The van der Waals surface area contributed by atoms with E-state index in [4.69, 9.17) is 9.73 Å². The fourth-order valence-corrected chi connectivity index (χ4v) is 3.77. The molecule has 0 atom stereocenters. The van der Waals surface area contributed by atoms with Crippen LogP contribution >= 0.6 is 0 Å². The smallest absolute Gasteiger partial charge is 0.251 e. The van der Waals surface area contributed by atoms with Gasteiger partial charge in [0.2, 0.25) is 0 Å². The third-order valence-corrected chi connectivity index (χ3v) is 5.38. The zero-order chi connectivity index (χ0) is 22.5. The number of pyridine rings is 1. The van der Waals surface area contributed by atoms with Crippen molar-refractivity contribution >= 4 is 17.4 Å². The van der Waals surface area contributed by atoms with E-state index >= 15 is 0 Å². The predicted octanol–water partition coefficient (Wildman–Crippen LogP) is 4.37. The van der Waals surface area contributed by atoms with E-state index in [1.165, 1.54) is 5.56 Å². The van der Waals surface area contributed by atoms with Crippen molar-refractivity contribution in [3.63, 3.8) is 0 Å². The normalized spacial score (nSPS) is 12.9. The Morgan fingerprint density at radius 3 is 2.78 bits per heavy atom. The molecule has 32 heavy (non-hydrogen) atoms. The van der Waals surface area contributed by atoms with E-state index in [2.05, 4.69) is 27.3 Å². The lowest BCUT2D eigenvalue weighted by Crippen LogP contribution is -2.35. The minimum absolute atomic E-state index is 0.0821. The molecule has 0 fully saturated rings. The molecule has 164 valence electrons. The van der Waals surface area contributed by atoms with Crippen LogP contribution in [-0.2, 0) is 13.0 Å². The molecule has 0 saturated heterocycles. The SMILES string of the molecule is COc1cccc(CCN2Cc3ccc(C(=O)NC(C)C)cc3N=C2c2cccnc2)c1. The van der Waals surface area contributed by atoms with Crippen LogP contribution in [0.3, 0.4) is 0 Å². The number of methoxy groups -OCH3 is 1. The van der Waals surface area contributed by atoms with Crippen molar-refractivity contribution < 1.29 is 9.53 Å². The maximum Gasteiger partial charge on any atom is 0.251 e. The number of hydrogen-bond donors (Lipinski definition) is 1. The van der Waals surface area contributed by atoms with Gasteiger partial charge in [-0.1, -0.05) is 18.2 Å². The van der Waals surface area contributed by atoms with Gasteiger partial charge in [0.25, 0.3) is 5.91 Å². The molecule has 0 bridgehead atoms. The third kappa shape index (κ3) is 4.97. The van der Waals surface area contributed by atoms with Crippen molar-refractivity contribution in [3.05, 3.63) is 89.2 Å². The molecule has 3 aromatic rings. The maximum atomic E-state index is 12.5. The molecule has 0 unspecified atom stereocenters. The zero-order valence-corrected chi connectivity index (χ0v) is 18.7. The van der Waals surface area contributed by atoms with Gasteiger partial charge < -0.3 is 15.0 Å². The van der Waals surface area contributed by atoms with E-state index in [0.717, 1.165) is 47.9 Å². The zero-order valence-electron chi connectivity index (χ0n) is 18.7. The lowest BCUT2D eigenvalue weighted by atomic mass is 10.0. The van der Waals surface area contributed by atoms with Gasteiger partial charge >= 0.3 is 0 Å². The average Bonchev–Trinajstić information content (AvgIpc) is 2.82. The van der Waals surface area contributed by atoms with Crippen LogP contribution in [0.2, 0.25) is 0 Å². The number of carbonyl (C=O) groups is 1. The molecule has 2 aromatic carbocycles. The summed E-state index contributed by atoms with van der Waals surface area (Å²) in [7, 11) is 1.68. The van der Waals surface area contributed by atoms with Crippen molar-refractivity contribution in [3.8, 4) is 5.75 Å². The molecule has 0 spiro atoms. The first-order chi connectivity index (χ1) is 15.5. The molecule has 1 aromatic heterocycles. The van der Waals surface area contributed by atoms with Gasteiger partial charge in [0, 0.05) is 42.7 Å². The van der Waals surface area contributed by atoms with E-state index in [-0.39, 0.29) is 11.9 Å². The van der Waals surface area contributed by atoms with Gasteiger partial charge in [-0.15, -0.1) is 0 Å². The molecule has 4 rings (SSSR count). The molecule has 1 amide bonds. The number of amidine groups is 1. The van der Waals surface area contributed by atoms with E-state index in [0.29, 0.717) is 5.56 Å². The molecule has 6 nitrogen and oxygen atoms in total. The molecule has 1 aliphatic rings. The summed E-state index contributed by atoms with van der Waals surface area (Å²) in [6.07, 6.45) is 4.45. The van der Waals surface area contributed by atoms with Gasteiger partial charge in [-0.25, -0.2) is 4.99 Å². The van der Waals surface area contributed by atoms with E-state index in [9.17, 15) is 4.79 Å². The lowest BCUT2D eigenvalue weighted by Gasteiger charge is -2.31.